The van der Waals surface area contributed by atoms with E-state index in [0.717, 1.165) is 16.9 Å². The first kappa shape index (κ1) is 17.2. The molecule has 5 nitrogen and oxygen atoms in total. The molecule has 1 aliphatic rings. The van der Waals surface area contributed by atoms with Crippen molar-refractivity contribution in [1.82, 2.24) is 9.55 Å². The number of carbonyl (C=O) groups is 1. The summed E-state index contributed by atoms with van der Waals surface area (Å²) in [5.74, 6) is -0.470. The van der Waals surface area contributed by atoms with E-state index in [1.165, 1.54) is 12.1 Å². The summed E-state index contributed by atoms with van der Waals surface area (Å²) in [5.41, 5.74) is 3.88. The third-order valence-electron chi connectivity index (χ3n) is 5.04. The largest absolute Gasteiger partial charge is 0.360 e. The maximum atomic E-state index is 13.5. The molecule has 1 aliphatic heterocycles. The molecule has 4 aromatic rings. The molecule has 142 valence electrons. The van der Waals surface area contributed by atoms with Gasteiger partial charge in [0, 0.05) is 29.5 Å². The van der Waals surface area contributed by atoms with Crippen molar-refractivity contribution in [3.05, 3.63) is 108 Å². The van der Waals surface area contributed by atoms with Crippen LogP contribution in [0.5, 0.6) is 0 Å². The number of fused-ring (bicyclic) bond motifs is 1. The molecular formula is C23H17FN4O. The molecule has 1 aromatic heterocycles. The Morgan fingerprint density at radius 1 is 0.897 bits per heavy atom. The third-order valence-corrected chi connectivity index (χ3v) is 5.04. The van der Waals surface area contributed by atoms with E-state index in [-0.39, 0.29) is 11.7 Å². The molecular weight excluding hydrogens is 367 g/mol. The minimum Gasteiger partial charge on any atom is -0.360 e. The molecule has 0 unspecified atom stereocenters. The number of hydrogen-bond acceptors (Lipinski definition) is 3. The summed E-state index contributed by atoms with van der Waals surface area (Å²) in [5, 5.41) is 3.45. The average Bonchev–Trinajstić information content (AvgIpc) is 3.30. The second kappa shape index (κ2) is 6.91. The van der Waals surface area contributed by atoms with Gasteiger partial charge in [-0.25, -0.2) is 9.37 Å². The number of para-hydroxylation sites is 1. The van der Waals surface area contributed by atoms with Gasteiger partial charge in [0.05, 0.1) is 11.9 Å². The highest BCUT2D eigenvalue weighted by Crippen LogP contribution is 2.36. The Balaban J connectivity index is 1.58. The number of anilines is 2. The molecule has 29 heavy (non-hydrogen) atoms. The molecule has 3 aromatic carbocycles. The fourth-order valence-corrected chi connectivity index (χ4v) is 3.60. The van der Waals surface area contributed by atoms with Gasteiger partial charge in [0.25, 0.3) is 5.91 Å². The molecule has 0 spiro atoms. The van der Waals surface area contributed by atoms with E-state index in [1.807, 2.05) is 53.2 Å². The van der Waals surface area contributed by atoms with E-state index in [0.29, 0.717) is 11.3 Å². The van der Waals surface area contributed by atoms with Crippen LogP contribution in [-0.4, -0.2) is 15.5 Å². The Morgan fingerprint density at radius 2 is 1.62 bits per heavy atom. The van der Waals surface area contributed by atoms with Gasteiger partial charge in [0.2, 0.25) is 0 Å². The van der Waals surface area contributed by atoms with Crippen molar-refractivity contribution in [3.63, 3.8) is 0 Å². The number of amides is 1. The van der Waals surface area contributed by atoms with Crippen LogP contribution in [0.4, 0.5) is 15.8 Å². The van der Waals surface area contributed by atoms with Crippen molar-refractivity contribution < 1.29 is 9.18 Å². The van der Waals surface area contributed by atoms with Gasteiger partial charge >= 0.3 is 0 Å². The summed E-state index contributed by atoms with van der Waals surface area (Å²) < 4.78 is 15.4. The van der Waals surface area contributed by atoms with E-state index in [9.17, 15) is 9.18 Å². The summed E-state index contributed by atoms with van der Waals surface area (Å²) in [6, 6.07) is 21.3. The van der Waals surface area contributed by atoms with Crippen LogP contribution in [0.15, 0.2) is 91.5 Å². The van der Waals surface area contributed by atoms with Crippen LogP contribution in [-0.2, 0) is 0 Å². The zero-order chi connectivity index (χ0) is 19.8. The Kier molecular flexibility index (Phi) is 4.09. The number of aromatic nitrogens is 2. The molecule has 1 N–H and O–H groups in total. The number of benzene rings is 3. The standard InChI is InChI=1S/C23H17FN4O/c24-17-7-11-19(12-8-17)28-22(26-21-4-2-1-3-20(21)23(28)29)16-5-9-18(10-6-16)27-14-13-25-15-27/h1-15,22,26H/t22-/m1/s1. The predicted octanol–water partition coefficient (Wildman–Crippen LogP) is 4.78. The Labute approximate surface area is 167 Å². The molecule has 2 heterocycles. The lowest BCUT2D eigenvalue weighted by Crippen LogP contribution is -2.43. The lowest BCUT2D eigenvalue weighted by atomic mass is 10.0. The van der Waals surface area contributed by atoms with E-state index >= 15 is 0 Å². The van der Waals surface area contributed by atoms with Crippen molar-refractivity contribution in [1.29, 1.82) is 0 Å². The fraction of sp³-hybridized carbons (Fsp3) is 0.0435. The van der Waals surface area contributed by atoms with Crippen molar-refractivity contribution >= 4 is 17.3 Å². The highest BCUT2D eigenvalue weighted by atomic mass is 19.1. The smallest absolute Gasteiger partial charge is 0.262 e. The minimum absolute atomic E-state index is 0.130. The highest BCUT2D eigenvalue weighted by Gasteiger charge is 2.33. The number of rotatable bonds is 3. The second-order valence-electron chi connectivity index (χ2n) is 6.81. The van der Waals surface area contributed by atoms with Crippen LogP contribution in [0.3, 0.4) is 0 Å². The van der Waals surface area contributed by atoms with Crippen molar-refractivity contribution in [2.75, 3.05) is 10.2 Å². The van der Waals surface area contributed by atoms with Crippen molar-refractivity contribution in [2.45, 2.75) is 6.17 Å². The first-order valence-electron chi connectivity index (χ1n) is 9.24. The van der Waals surface area contributed by atoms with Crippen LogP contribution in [0, 0.1) is 5.82 Å². The van der Waals surface area contributed by atoms with Gasteiger partial charge in [-0.2, -0.15) is 0 Å². The third kappa shape index (κ3) is 3.04. The zero-order valence-electron chi connectivity index (χ0n) is 15.4. The van der Waals surface area contributed by atoms with Gasteiger partial charge in [-0.05, 0) is 54.1 Å². The first-order chi connectivity index (χ1) is 14.2. The molecule has 0 radical (unpaired) electrons. The van der Waals surface area contributed by atoms with E-state index in [1.54, 1.807) is 35.6 Å². The van der Waals surface area contributed by atoms with Gasteiger partial charge in [0.1, 0.15) is 12.0 Å². The predicted molar refractivity (Wildman–Crippen MR) is 110 cm³/mol. The van der Waals surface area contributed by atoms with Gasteiger partial charge in [0.15, 0.2) is 0 Å². The first-order valence-corrected chi connectivity index (χ1v) is 9.24. The van der Waals surface area contributed by atoms with Crippen LogP contribution in [0.1, 0.15) is 22.1 Å². The molecule has 0 saturated heterocycles. The Morgan fingerprint density at radius 3 is 2.34 bits per heavy atom. The van der Waals surface area contributed by atoms with Crippen LogP contribution < -0.4 is 10.2 Å². The molecule has 1 amide bonds. The maximum Gasteiger partial charge on any atom is 0.262 e. The van der Waals surface area contributed by atoms with Gasteiger partial charge < -0.3 is 9.88 Å². The molecule has 1 atom stereocenters. The SMILES string of the molecule is O=C1c2ccccc2N[C@@H](c2ccc(-n3ccnc3)cc2)N1c1ccc(F)cc1. The molecule has 5 rings (SSSR count). The minimum atomic E-state index is -0.417. The van der Waals surface area contributed by atoms with Crippen molar-refractivity contribution in [3.8, 4) is 5.69 Å². The Hall–Kier alpha value is -3.93. The number of nitrogens with zero attached hydrogens (tertiary/aromatic N) is 3. The number of hydrogen-bond donors (Lipinski definition) is 1. The summed E-state index contributed by atoms with van der Waals surface area (Å²) in [6.45, 7) is 0. The molecule has 0 aliphatic carbocycles. The highest BCUT2D eigenvalue weighted by molar-refractivity contribution is 6.12. The van der Waals surface area contributed by atoms with Gasteiger partial charge in [-0.15, -0.1) is 0 Å². The topological polar surface area (TPSA) is 50.2 Å². The van der Waals surface area contributed by atoms with E-state index in [4.69, 9.17) is 0 Å². The summed E-state index contributed by atoms with van der Waals surface area (Å²) in [7, 11) is 0. The monoisotopic (exact) mass is 384 g/mol. The Bertz CT molecular complexity index is 1150. The van der Waals surface area contributed by atoms with Gasteiger partial charge in [-0.1, -0.05) is 24.3 Å². The lowest BCUT2D eigenvalue weighted by Gasteiger charge is -2.38. The zero-order valence-corrected chi connectivity index (χ0v) is 15.4. The molecule has 0 bridgehead atoms. The molecule has 6 heteroatoms. The quantitative estimate of drug-likeness (QED) is 0.553. The summed E-state index contributed by atoms with van der Waals surface area (Å²) in [6.07, 6.45) is 4.92. The molecule has 0 saturated carbocycles. The summed E-state index contributed by atoms with van der Waals surface area (Å²) in [4.78, 5) is 19.1. The van der Waals surface area contributed by atoms with E-state index in [2.05, 4.69) is 10.3 Å². The van der Waals surface area contributed by atoms with Gasteiger partial charge in [-0.3, -0.25) is 9.69 Å². The number of imidazole rings is 1. The number of nitrogens with one attached hydrogen (secondary N) is 1. The fourth-order valence-electron chi connectivity index (χ4n) is 3.60. The average molecular weight is 384 g/mol. The lowest BCUT2D eigenvalue weighted by molar-refractivity contribution is 0.0975. The van der Waals surface area contributed by atoms with Crippen LogP contribution in [0.25, 0.3) is 5.69 Å². The number of halogens is 1. The molecule has 0 fully saturated rings. The second-order valence-corrected chi connectivity index (χ2v) is 6.81. The number of carbonyl (C=O) groups excluding carboxylic acids is 1. The van der Waals surface area contributed by atoms with Crippen LogP contribution in [0.2, 0.25) is 0 Å². The normalized spacial score (nSPS) is 15.7. The maximum absolute atomic E-state index is 13.5. The van der Waals surface area contributed by atoms with E-state index < -0.39 is 6.17 Å². The summed E-state index contributed by atoms with van der Waals surface area (Å²) >= 11 is 0. The van der Waals surface area contributed by atoms with Crippen LogP contribution >= 0.6 is 0 Å². The van der Waals surface area contributed by atoms with Crippen molar-refractivity contribution in [2.24, 2.45) is 0 Å².